The first-order valence-corrected chi connectivity index (χ1v) is 18.7. The normalized spacial score (nSPS) is 18.6. The van der Waals surface area contributed by atoms with E-state index in [2.05, 4.69) is 0 Å². The molecule has 6 rings (SSSR count). The number of benzene rings is 4. The van der Waals surface area contributed by atoms with E-state index in [1.807, 2.05) is 0 Å². The molecule has 302 valence electrons. The molecule has 0 radical (unpaired) electrons. The number of carbonyl (C=O) groups is 6. The Morgan fingerprint density at radius 3 is 1.41 bits per heavy atom. The molecule has 2 atom stereocenters. The highest BCUT2D eigenvalue weighted by Crippen LogP contribution is 2.62. The fraction of sp³-hybridized carbons (Fsp3) is 0.333. The van der Waals surface area contributed by atoms with Crippen molar-refractivity contribution in [3.63, 3.8) is 0 Å². The standard InChI is InChI=1S/C45H46N2O11/c1-42(2,3)57-40(52)46-34-21-15-14-20-32(34)44(38(46)50,25-36(48)55-27-29-16-10-8-11-17-29)45(26-37(49)56-28-30-18-12-9-13-19-30)33-23-22-31(54-7)24-35(33)47(39(45)51)41(53)58-43(4,5)6/h8-24H,25-28H2,1-7H3/t44-,45-/m1/s1. The minimum Gasteiger partial charge on any atom is -0.497 e. The number of esters is 2. The van der Waals surface area contributed by atoms with Crippen molar-refractivity contribution in [3.05, 3.63) is 125 Å². The summed E-state index contributed by atoms with van der Waals surface area (Å²) in [5.74, 6) is -3.78. The van der Waals surface area contributed by atoms with E-state index in [0.717, 1.165) is 9.80 Å². The maximum Gasteiger partial charge on any atom is 0.421 e. The van der Waals surface area contributed by atoms with Crippen LogP contribution in [0.25, 0.3) is 0 Å². The Morgan fingerprint density at radius 1 is 0.552 bits per heavy atom. The molecular formula is C45H46N2O11. The molecule has 4 aromatic carbocycles. The number of anilines is 2. The lowest BCUT2D eigenvalue weighted by Gasteiger charge is -2.43. The summed E-state index contributed by atoms with van der Waals surface area (Å²) < 4.78 is 28.6. The molecule has 4 amide bonds. The van der Waals surface area contributed by atoms with Gasteiger partial charge < -0.3 is 23.7 Å². The van der Waals surface area contributed by atoms with Crippen molar-refractivity contribution < 1.29 is 52.5 Å². The Labute approximate surface area is 336 Å². The van der Waals surface area contributed by atoms with Crippen molar-refractivity contribution in [2.24, 2.45) is 0 Å². The van der Waals surface area contributed by atoms with Crippen molar-refractivity contribution in [2.75, 3.05) is 16.9 Å². The highest BCUT2D eigenvalue weighted by atomic mass is 16.6. The number of ether oxygens (including phenoxy) is 5. The molecule has 2 heterocycles. The molecule has 0 N–H and O–H groups in total. The molecule has 0 saturated heterocycles. The molecule has 0 bridgehead atoms. The summed E-state index contributed by atoms with van der Waals surface area (Å²) in [6.45, 7) is 9.33. The largest absolute Gasteiger partial charge is 0.497 e. The van der Waals surface area contributed by atoms with Gasteiger partial charge in [-0.2, -0.15) is 0 Å². The van der Waals surface area contributed by atoms with Gasteiger partial charge in [-0.3, -0.25) is 19.2 Å². The summed E-state index contributed by atoms with van der Waals surface area (Å²) in [6.07, 6.45) is -3.93. The Kier molecular flexibility index (Phi) is 11.2. The van der Waals surface area contributed by atoms with Crippen LogP contribution in [0.1, 0.15) is 76.6 Å². The van der Waals surface area contributed by atoms with Gasteiger partial charge in [0.25, 0.3) is 0 Å². The number of fused-ring (bicyclic) bond motifs is 2. The SMILES string of the molecule is COc1ccc2c(c1)N(C(=O)OC(C)(C)C)C(=O)[C@]2(CC(=O)OCc1ccccc1)[C@@]1(CC(=O)OCc2ccccc2)C(=O)N(C(=O)OC(C)(C)C)c2ccccc21. The highest BCUT2D eigenvalue weighted by Gasteiger charge is 2.74. The molecule has 2 aliphatic rings. The molecular weight excluding hydrogens is 744 g/mol. The van der Waals surface area contributed by atoms with E-state index in [0.29, 0.717) is 11.1 Å². The summed E-state index contributed by atoms with van der Waals surface area (Å²) in [7, 11) is 1.39. The number of hydrogen-bond donors (Lipinski definition) is 0. The Morgan fingerprint density at radius 2 is 0.966 bits per heavy atom. The van der Waals surface area contributed by atoms with E-state index >= 15 is 9.59 Å². The second kappa shape index (κ2) is 15.8. The van der Waals surface area contributed by atoms with Crippen LogP contribution >= 0.6 is 0 Å². The van der Waals surface area contributed by atoms with Crippen LogP contribution in [0.5, 0.6) is 5.75 Å². The fourth-order valence-corrected chi connectivity index (χ4v) is 7.50. The van der Waals surface area contributed by atoms with Crippen molar-refractivity contribution in [1.29, 1.82) is 0 Å². The third-order valence-electron chi connectivity index (χ3n) is 9.83. The van der Waals surface area contributed by atoms with Gasteiger partial charge >= 0.3 is 24.1 Å². The zero-order valence-corrected chi connectivity index (χ0v) is 33.5. The van der Waals surface area contributed by atoms with Crippen molar-refractivity contribution in [1.82, 2.24) is 0 Å². The molecule has 0 fully saturated rings. The van der Waals surface area contributed by atoms with Crippen molar-refractivity contribution in [2.45, 2.75) is 89.6 Å². The van der Waals surface area contributed by atoms with Crippen LogP contribution in [0.2, 0.25) is 0 Å². The van der Waals surface area contributed by atoms with Crippen LogP contribution in [0, 0.1) is 0 Å². The summed E-state index contributed by atoms with van der Waals surface area (Å²) >= 11 is 0. The lowest BCUT2D eigenvalue weighted by atomic mass is 9.54. The van der Waals surface area contributed by atoms with Gasteiger partial charge in [0.05, 0.1) is 31.3 Å². The lowest BCUT2D eigenvalue weighted by Crippen LogP contribution is -2.62. The summed E-state index contributed by atoms with van der Waals surface area (Å²) in [6, 6.07) is 28.2. The topological polar surface area (TPSA) is 155 Å². The number of methoxy groups -OCH3 is 1. The van der Waals surface area contributed by atoms with Gasteiger partial charge in [-0.15, -0.1) is 0 Å². The van der Waals surface area contributed by atoms with Gasteiger partial charge in [0, 0.05) is 6.07 Å². The molecule has 0 aliphatic carbocycles. The average molecular weight is 791 g/mol. The molecule has 0 unspecified atom stereocenters. The molecule has 13 heteroatoms. The maximum atomic E-state index is 15.8. The number of rotatable bonds is 10. The predicted molar refractivity (Wildman–Crippen MR) is 212 cm³/mol. The van der Waals surface area contributed by atoms with E-state index in [-0.39, 0.29) is 41.5 Å². The minimum atomic E-state index is -2.45. The second-order valence-electron chi connectivity index (χ2n) is 16.1. The minimum absolute atomic E-state index is 0.00544. The van der Waals surface area contributed by atoms with E-state index in [4.69, 9.17) is 23.7 Å². The number of para-hydroxylation sites is 1. The van der Waals surface area contributed by atoms with Crippen molar-refractivity contribution >= 4 is 47.3 Å². The monoisotopic (exact) mass is 790 g/mol. The first-order valence-electron chi connectivity index (χ1n) is 18.7. The molecule has 58 heavy (non-hydrogen) atoms. The first-order chi connectivity index (χ1) is 27.4. The van der Waals surface area contributed by atoms with Crippen LogP contribution in [0.4, 0.5) is 21.0 Å². The number of amides is 4. The molecule has 13 nitrogen and oxygen atoms in total. The first kappa shape index (κ1) is 41.1. The van der Waals surface area contributed by atoms with Gasteiger partial charge in [-0.25, -0.2) is 19.4 Å². The van der Waals surface area contributed by atoms with Gasteiger partial charge in [-0.05, 0) is 75.9 Å². The lowest BCUT2D eigenvalue weighted by molar-refractivity contribution is -0.156. The van der Waals surface area contributed by atoms with Crippen molar-refractivity contribution in [3.8, 4) is 5.75 Å². The second-order valence-corrected chi connectivity index (χ2v) is 16.1. The van der Waals surface area contributed by atoms with Gasteiger partial charge in [0.1, 0.15) is 41.0 Å². The van der Waals surface area contributed by atoms with Gasteiger partial charge in [-0.1, -0.05) is 84.9 Å². The number of carbonyl (C=O) groups excluding carboxylic acids is 6. The predicted octanol–water partition coefficient (Wildman–Crippen LogP) is 7.70. The molecule has 0 aromatic heterocycles. The number of nitrogens with zero attached hydrogens (tertiary/aromatic N) is 2. The Hall–Kier alpha value is -6.50. The van der Waals surface area contributed by atoms with E-state index < -0.39 is 70.8 Å². The van der Waals surface area contributed by atoms with E-state index in [1.54, 1.807) is 114 Å². The third kappa shape index (κ3) is 7.76. The number of imide groups is 2. The fourth-order valence-electron chi connectivity index (χ4n) is 7.50. The van der Waals surface area contributed by atoms with E-state index in [9.17, 15) is 19.2 Å². The maximum absolute atomic E-state index is 15.8. The smallest absolute Gasteiger partial charge is 0.421 e. The highest BCUT2D eigenvalue weighted by molar-refractivity contribution is 6.30. The van der Waals surface area contributed by atoms with E-state index in [1.165, 1.54) is 37.4 Å². The van der Waals surface area contributed by atoms with Crippen LogP contribution in [0.15, 0.2) is 103 Å². The van der Waals surface area contributed by atoms with Crippen LogP contribution in [-0.4, -0.2) is 54.3 Å². The Bertz CT molecular complexity index is 2240. The number of hydrogen-bond acceptors (Lipinski definition) is 11. The van der Waals surface area contributed by atoms with Gasteiger partial charge in [0.2, 0.25) is 11.8 Å². The molecule has 4 aromatic rings. The third-order valence-corrected chi connectivity index (χ3v) is 9.83. The quantitative estimate of drug-likeness (QED) is 0.115. The summed E-state index contributed by atoms with van der Waals surface area (Å²) in [4.78, 5) is 90.2. The Balaban J connectivity index is 1.63. The molecule has 0 saturated carbocycles. The average Bonchev–Trinajstić information content (AvgIpc) is 3.57. The molecule has 2 aliphatic heterocycles. The van der Waals surface area contributed by atoms with Crippen LogP contribution in [-0.2, 0) is 62.2 Å². The molecule has 0 spiro atoms. The van der Waals surface area contributed by atoms with Crippen LogP contribution in [0.3, 0.4) is 0 Å². The summed E-state index contributed by atoms with van der Waals surface area (Å²) in [5.41, 5.74) is -5.79. The van der Waals surface area contributed by atoms with Crippen LogP contribution < -0.4 is 14.5 Å². The van der Waals surface area contributed by atoms with Gasteiger partial charge in [0.15, 0.2) is 0 Å². The zero-order chi connectivity index (χ0) is 42.0. The summed E-state index contributed by atoms with van der Waals surface area (Å²) in [5, 5.41) is 0. The zero-order valence-electron chi connectivity index (χ0n) is 33.5.